The van der Waals surface area contributed by atoms with Crippen molar-refractivity contribution in [3.05, 3.63) is 34.9 Å². The van der Waals surface area contributed by atoms with Crippen LogP contribution in [0, 0.1) is 0 Å². The Morgan fingerprint density at radius 1 is 1.34 bits per heavy atom. The fraction of sp³-hybridized carbons (Fsp3) is 0.500. The summed E-state index contributed by atoms with van der Waals surface area (Å²) in [6, 6.07) is 3.37. The first-order chi connectivity index (χ1) is 13.5. The van der Waals surface area contributed by atoms with Gasteiger partial charge in [-0.15, -0.1) is 11.3 Å². The Bertz CT molecular complexity index is 899. The van der Waals surface area contributed by atoms with Crippen LogP contribution in [0.4, 0.5) is 13.2 Å². The maximum Gasteiger partial charge on any atom is 0.490 e. The van der Waals surface area contributed by atoms with Gasteiger partial charge in [-0.1, -0.05) is 19.9 Å². The Labute approximate surface area is 169 Å². The summed E-state index contributed by atoms with van der Waals surface area (Å²) >= 11 is 1.23. The number of alkyl halides is 3. The highest BCUT2D eigenvalue weighted by Gasteiger charge is 2.38. The zero-order valence-electron chi connectivity index (χ0n) is 15.6. The lowest BCUT2D eigenvalue weighted by Crippen LogP contribution is -2.25. The third kappa shape index (κ3) is 5.78. The summed E-state index contributed by atoms with van der Waals surface area (Å²) < 4.78 is 64.2. The van der Waals surface area contributed by atoms with Gasteiger partial charge in [0.2, 0.25) is 5.89 Å². The minimum atomic E-state index is -5.08. The van der Waals surface area contributed by atoms with Gasteiger partial charge in [0.1, 0.15) is 9.97 Å². The number of carboxylic acids is 1. The molecule has 3 rings (SSSR count). The minimum Gasteiger partial charge on any atom is -0.475 e. The van der Waals surface area contributed by atoms with E-state index in [4.69, 9.17) is 14.3 Å². The van der Waals surface area contributed by atoms with E-state index in [1.54, 1.807) is 17.5 Å². The van der Waals surface area contributed by atoms with Crippen LogP contribution in [-0.4, -0.2) is 52.9 Å². The first-order valence-corrected chi connectivity index (χ1v) is 10.8. The van der Waals surface area contributed by atoms with E-state index in [1.807, 2.05) is 0 Å². The highest BCUT2D eigenvalue weighted by Crippen LogP contribution is 2.30. The van der Waals surface area contributed by atoms with Gasteiger partial charge in [0.05, 0.1) is 25.3 Å². The molecule has 0 amide bonds. The van der Waals surface area contributed by atoms with Gasteiger partial charge >= 0.3 is 12.1 Å². The zero-order valence-corrected chi connectivity index (χ0v) is 17.3. The summed E-state index contributed by atoms with van der Waals surface area (Å²) in [4.78, 5) is 15.6. The maximum absolute atomic E-state index is 12.5. The largest absolute Gasteiger partial charge is 0.490 e. The predicted octanol–water partition coefficient (Wildman–Crippen LogP) is 2.92. The van der Waals surface area contributed by atoms with Gasteiger partial charge in [-0.3, -0.25) is 4.90 Å². The second kappa shape index (κ2) is 9.24. The maximum atomic E-state index is 12.5. The summed E-state index contributed by atoms with van der Waals surface area (Å²) in [6.07, 6.45) is -5.08. The van der Waals surface area contributed by atoms with Crippen molar-refractivity contribution in [2.45, 2.75) is 43.9 Å². The Morgan fingerprint density at radius 2 is 1.97 bits per heavy atom. The Morgan fingerprint density at radius 3 is 2.41 bits per heavy atom. The van der Waals surface area contributed by atoms with Crippen molar-refractivity contribution in [1.82, 2.24) is 14.2 Å². The molecule has 29 heavy (non-hydrogen) atoms. The molecular weight excluding hydrogens is 435 g/mol. The van der Waals surface area contributed by atoms with E-state index in [-0.39, 0.29) is 13.1 Å². The van der Waals surface area contributed by atoms with Crippen LogP contribution >= 0.6 is 11.3 Å². The summed E-state index contributed by atoms with van der Waals surface area (Å²) in [7, 11) is -3.44. The fourth-order valence-electron chi connectivity index (χ4n) is 2.48. The van der Waals surface area contributed by atoms with Crippen molar-refractivity contribution in [3.8, 4) is 0 Å². The van der Waals surface area contributed by atoms with Gasteiger partial charge in [-0.2, -0.15) is 17.5 Å². The second-order valence-electron chi connectivity index (χ2n) is 5.95. The number of carboxylic acid groups (broad SMARTS) is 1. The average molecular weight is 455 g/mol. The molecular formula is C16H20F3N3O5S2. The van der Waals surface area contributed by atoms with Crippen molar-refractivity contribution < 1.29 is 35.9 Å². The number of aliphatic carboxylic acids is 1. The number of aromatic nitrogens is 1. The van der Waals surface area contributed by atoms with Crippen molar-refractivity contribution in [2.24, 2.45) is 0 Å². The van der Waals surface area contributed by atoms with Gasteiger partial charge in [0, 0.05) is 0 Å². The number of rotatable bonds is 6. The molecule has 2 aromatic rings. The Balaban J connectivity index is 0.000000370. The SMILES string of the molecule is CCN(CC)Cc1nc2c(o1)CN(S(=O)(=O)c1cccs1)C2.O=C(O)C(F)(F)F. The van der Waals surface area contributed by atoms with Gasteiger partial charge in [0.15, 0.2) is 0 Å². The normalized spacial score (nSPS) is 14.6. The van der Waals surface area contributed by atoms with E-state index in [2.05, 4.69) is 23.7 Å². The molecule has 0 saturated heterocycles. The minimum absolute atomic E-state index is 0.265. The Kier molecular flexibility index (Phi) is 7.43. The molecule has 8 nitrogen and oxygen atoms in total. The molecule has 0 saturated carbocycles. The highest BCUT2D eigenvalue weighted by molar-refractivity contribution is 7.91. The van der Waals surface area contributed by atoms with Crippen LogP contribution in [-0.2, 0) is 34.5 Å². The van der Waals surface area contributed by atoms with E-state index >= 15 is 0 Å². The third-order valence-corrected chi connectivity index (χ3v) is 7.22. The van der Waals surface area contributed by atoms with E-state index in [9.17, 15) is 21.6 Å². The van der Waals surface area contributed by atoms with E-state index in [1.165, 1.54) is 15.6 Å². The molecule has 1 aliphatic rings. The van der Waals surface area contributed by atoms with Crippen LogP contribution in [0.1, 0.15) is 31.2 Å². The van der Waals surface area contributed by atoms with Crippen LogP contribution in [0.2, 0.25) is 0 Å². The standard InChI is InChI=1S/C14H19N3O3S2.C2HF3O2/c1-3-16(4-2)10-13-15-11-8-17(9-12(11)20-13)22(18,19)14-6-5-7-21-14;3-2(4,5)1(6)7/h5-7H,3-4,8-10H2,1-2H3;(H,6,7). The number of halogens is 3. The van der Waals surface area contributed by atoms with Crippen molar-refractivity contribution in [2.75, 3.05) is 13.1 Å². The molecule has 0 fully saturated rings. The molecule has 1 N–H and O–H groups in total. The average Bonchev–Trinajstić information content (AvgIpc) is 3.35. The first-order valence-electron chi connectivity index (χ1n) is 8.52. The first kappa shape index (κ1) is 23.3. The molecule has 0 unspecified atom stereocenters. The number of oxazole rings is 1. The number of hydrogen-bond acceptors (Lipinski definition) is 7. The van der Waals surface area contributed by atoms with Gasteiger partial charge in [-0.25, -0.2) is 18.2 Å². The van der Waals surface area contributed by atoms with Crippen molar-refractivity contribution in [3.63, 3.8) is 0 Å². The second-order valence-corrected chi connectivity index (χ2v) is 9.06. The van der Waals surface area contributed by atoms with Crippen LogP contribution in [0.3, 0.4) is 0 Å². The quantitative estimate of drug-likeness (QED) is 0.714. The predicted molar refractivity (Wildman–Crippen MR) is 97.6 cm³/mol. The molecule has 162 valence electrons. The third-order valence-electron chi connectivity index (χ3n) is 4.05. The fourth-order valence-corrected chi connectivity index (χ4v) is 4.98. The van der Waals surface area contributed by atoms with E-state index in [0.717, 1.165) is 18.8 Å². The highest BCUT2D eigenvalue weighted by atomic mass is 32.2. The van der Waals surface area contributed by atoms with Gasteiger partial charge in [0.25, 0.3) is 10.0 Å². The summed E-state index contributed by atoms with van der Waals surface area (Å²) in [5, 5.41) is 8.89. The van der Waals surface area contributed by atoms with Crippen molar-refractivity contribution in [1.29, 1.82) is 0 Å². The van der Waals surface area contributed by atoms with Crippen LogP contribution in [0.5, 0.6) is 0 Å². The molecule has 0 aromatic carbocycles. The smallest absolute Gasteiger partial charge is 0.475 e. The topological polar surface area (TPSA) is 104 Å². The number of thiophene rings is 1. The van der Waals surface area contributed by atoms with Crippen LogP contribution < -0.4 is 0 Å². The molecule has 0 spiro atoms. The number of fused-ring (bicyclic) bond motifs is 1. The lowest BCUT2D eigenvalue weighted by molar-refractivity contribution is -0.192. The molecule has 0 bridgehead atoms. The van der Waals surface area contributed by atoms with Crippen LogP contribution in [0.15, 0.2) is 26.1 Å². The molecule has 0 radical (unpaired) electrons. The molecule has 13 heteroatoms. The molecule has 0 atom stereocenters. The summed E-state index contributed by atoms with van der Waals surface area (Å²) in [6.45, 7) is 7.27. The Hall–Kier alpha value is -1.96. The molecule has 3 heterocycles. The van der Waals surface area contributed by atoms with Gasteiger partial charge < -0.3 is 9.52 Å². The number of hydrogen-bond donors (Lipinski definition) is 1. The number of nitrogens with zero attached hydrogens (tertiary/aromatic N) is 3. The summed E-state index contributed by atoms with van der Waals surface area (Å²) in [5.41, 5.74) is 0.738. The zero-order chi connectivity index (χ0) is 21.8. The number of carbonyl (C=O) groups is 1. The lowest BCUT2D eigenvalue weighted by Gasteiger charge is -2.16. The van der Waals surface area contributed by atoms with E-state index in [0.29, 0.717) is 22.4 Å². The summed E-state index contributed by atoms with van der Waals surface area (Å²) in [5.74, 6) is -1.42. The number of sulfonamides is 1. The monoisotopic (exact) mass is 455 g/mol. The molecule has 2 aromatic heterocycles. The van der Waals surface area contributed by atoms with E-state index < -0.39 is 22.2 Å². The molecule has 1 aliphatic heterocycles. The van der Waals surface area contributed by atoms with Gasteiger partial charge in [-0.05, 0) is 24.5 Å². The molecule has 0 aliphatic carbocycles. The van der Waals surface area contributed by atoms with Crippen LogP contribution in [0.25, 0.3) is 0 Å². The lowest BCUT2D eigenvalue weighted by atomic mass is 10.4. The van der Waals surface area contributed by atoms with Crippen molar-refractivity contribution >= 4 is 27.3 Å².